The van der Waals surface area contributed by atoms with Crippen LogP contribution in [0.5, 0.6) is 0 Å². The number of halogens is 1. The third kappa shape index (κ3) is 4.29. The van der Waals surface area contributed by atoms with Gasteiger partial charge in [-0.15, -0.1) is 0 Å². The van der Waals surface area contributed by atoms with Crippen LogP contribution in [0.1, 0.15) is 23.1 Å². The molecule has 0 aromatic heterocycles. The number of methoxy groups -OCH3 is 1. The number of nitrogens with one attached hydrogen (secondary N) is 1. The lowest BCUT2D eigenvalue weighted by Gasteiger charge is -2.32. The number of urea groups is 1. The molecule has 4 rings (SSSR count). The first-order valence-corrected chi connectivity index (χ1v) is 10.5. The number of hydrogen-bond acceptors (Lipinski definition) is 5. The van der Waals surface area contributed by atoms with E-state index in [9.17, 15) is 14.4 Å². The predicted octanol–water partition coefficient (Wildman–Crippen LogP) is 2.75. The van der Waals surface area contributed by atoms with Gasteiger partial charge < -0.3 is 10.1 Å². The van der Waals surface area contributed by atoms with Gasteiger partial charge in [-0.25, -0.2) is 9.69 Å². The van der Waals surface area contributed by atoms with E-state index in [1.54, 1.807) is 11.0 Å². The second kappa shape index (κ2) is 8.69. The monoisotopic (exact) mass is 441 g/mol. The Morgan fingerprint density at radius 2 is 1.87 bits per heavy atom. The van der Waals surface area contributed by atoms with Gasteiger partial charge in [0.25, 0.3) is 5.91 Å². The molecule has 0 bridgehead atoms. The number of fused-ring (bicyclic) bond motifs is 1. The summed E-state index contributed by atoms with van der Waals surface area (Å²) < 4.78 is 4.80. The molecule has 8 heteroatoms. The summed E-state index contributed by atoms with van der Waals surface area (Å²) in [6.07, 6.45) is 1.74. The van der Waals surface area contributed by atoms with Crippen molar-refractivity contribution in [2.75, 3.05) is 20.3 Å². The zero-order chi connectivity index (χ0) is 22.0. The molecule has 1 heterocycles. The van der Waals surface area contributed by atoms with E-state index in [4.69, 9.17) is 16.3 Å². The van der Waals surface area contributed by atoms with E-state index in [1.165, 1.54) is 17.6 Å². The number of rotatable bonds is 6. The Balaban J connectivity index is 1.54. The van der Waals surface area contributed by atoms with Crippen LogP contribution in [0.2, 0.25) is 5.02 Å². The highest BCUT2D eigenvalue weighted by Gasteiger charge is 2.52. The number of nitrogens with zero attached hydrogens (tertiary/aromatic N) is 2. The fraction of sp³-hybridized carbons (Fsp3) is 0.348. The summed E-state index contributed by atoms with van der Waals surface area (Å²) in [6, 6.07) is 14.8. The van der Waals surface area contributed by atoms with Crippen LogP contribution < -0.4 is 5.32 Å². The summed E-state index contributed by atoms with van der Waals surface area (Å²) in [5.74, 6) is -0.721. The molecular formula is C23H24ClN3O4. The molecular weight excluding hydrogens is 418 g/mol. The molecule has 1 N–H and O–H groups in total. The quantitative estimate of drug-likeness (QED) is 0.551. The highest BCUT2D eigenvalue weighted by Crippen LogP contribution is 2.33. The summed E-state index contributed by atoms with van der Waals surface area (Å²) >= 11 is 6.27. The molecule has 1 aliphatic heterocycles. The van der Waals surface area contributed by atoms with Gasteiger partial charge in [-0.05, 0) is 35.6 Å². The molecule has 2 aromatic rings. The summed E-state index contributed by atoms with van der Waals surface area (Å²) in [5, 5.41) is 3.48. The summed E-state index contributed by atoms with van der Waals surface area (Å²) in [5.41, 5.74) is 2.14. The molecule has 7 nitrogen and oxygen atoms in total. The number of carbonyl (C=O) groups is 3. The van der Waals surface area contributed by atoms with Gasteiger partial charge >= 0.3 is 12.0 Å². The van der Waals surface area contributed by atoms with Crippen LogP contribution in [0.4, 0.5) is 4.79 Å². The van der Waals surface area contributed by atoms with Gasteiger partial charge in [0.1, 0.15) is 5.54 Å². The average Bonchev–Trinajstić information content (AvgIpc) is 2.98. The van der Waals surface area contributed by atoms with Crippen LogP contribution in [-0.2, 0) is 33.7 Å². The highest BCUT2D eigenvalue weighted by molar-refractivity contribution is 6.31. The van der Waals surface area contributed by atoms with Gasteiger partial charge in [0.2, 0.25) is 0 Å². The van der Waals surface area contributed by atoms with Gasteiger partial charge in [0.05, 0.1) is 20.3 Å². The second-order valence-electron chi connectivity index (χ2n) is 7.99. The molecule has 31 heavy (non-hydrogen) atoms. The van der Waals surface area contributed by atoms with Gasteiger partial charge in [0, 0.05) is 18.0 Å². The first-order chi connectivity index (χ1) is 14.9. The molecule has 1 fully saturated rings. The number of aryl methyl sites for hydroxylation is 1. The Morgan fingerprint density at radius 1 is 1.16 bits per heavy atom. The van der Waals surface area contributed by atoms with Crippen LogP contribution in [0.25, 0.3) is 0 Å². The van der Waals surface area contributed by atoms with Crippen molar-refractivity contribution >= 4 is 29.5 Å². The van der Waals surface area contributed by atoms with Crippen LogP contribution in [0, 0.1) is 0 Å². The van der Waals surface area contributed by atoms with E-state index < -0.39 is 17.5 Å². The molecule has 2 aromatic carbocycles. The topological polar surface area (TPSA) is 79.0 Å². The smallest absolute Gasteiger partial charge is 0.326 e. The zero-order valence-electron chi connectivity index (χ0n) is 17.3. The molecule has 1 spiro atoms. The Morgan fingerprint density at radius 3 is 2.61 bits per heavy atom. The maximum Gasteiger partial charge on any atom is 0.326 e. The summed E-state index contributed by atoms with van der Waals surface area (Å²) in [4.78, 5) is 41.0. The molecule has 0 saturated carbocycles. The first-order valence-electron chi connectivity index (χ1n) is 10.2. The molecule has 1 unspecified atom stereocenters. The molecule has 2 aliphatic rings. The third-order valence-electron chi connectivity index (χ3n) is 5.95. The van der Waals surface area contributed by atoms with Crippen LogP contribution in [0.15, 0.2) is 48.5 Å². The van der Waals surface area contributed by atoms with Crippen molar-refractivity contribution in [3.63, 3.8) is 0 Å². The molecule has 162 valence electrons. The Bertz CT molecular complexity index is 1030. The predicted molar refractivity (Wildman–Crippen MR) is 115 cm³/mol. The van der Waals surface area contributed by atoms with Gasteiger partial charge in [-0.2, -0.15) is 0 Å². The minimum Gasteiger partial charge on any atom is -0.468 e. The highest BCUT2D eigenvalue weighted by atomic mass is 35.5. The molecule has 3 amide bonds. The average molecular weight is 442 g/mol. The first kappa shape index (κ1) is 21.3. The van der Waals surface area contributed by atoms with Crippen molar-refractivity contribution < 1.29 is 19.1 Å². The maximum atomic E-state index is 13.4. The van der Waals surface area contributed by atoms with Crippen LogP contribution in [-0.4, -0.2) is 53.6 Å². The second-order valence-corrected chi connectivity index (χ2v) is 8.39. The van der Waals surface area contributed by atoms with Crippen molar-refractivity contribution in [2.45, 2.75) is 31.3 Å². The lowest BCUT2D eigenvalue weighted by atomic mass is 9.78. The van der Waals surface area contributed by atoms with Crippen molar-refractivity contribution in [2.24, 2.45) is 0 Å². The Hall–Kier alpha value is -2.90. The van der Waals surface area contributed by atoms with E-state index in [0.717, 1.165) is 17.5 Å². The lowest BCUT2D eigenvalue weighted by molar-refractivity contribution is -0.144. The minimum atomic E-state index is -0.938. The molecule has 0 radical (unpaired) electrons. The van der Waals surface area contributed by atoms with Crippen molar-refractivity contribution in [3.8, 4) is 0 Å². The van der Waals surface area contributed by atoms with Crippen molar-refractivity contribution in [1.82, 2.24) is 15.1 Å². The molecule has 1 aliphatic carbocycles. The van der Waals surface area contributed by atoms with Crippen molar-refractivity contribution in [1.29, 1.82) is 0 Å². The largest absolute Gasteiger partial charge is 0.468 e. The van der Waals surface area contributed by atoms with E-state index in [-0.39, 0.29) is 19.1 Å². The van der Waals surface area contributed by atoms with Gasteiger partial charge in [-0.1, -0.05) is 54.1 Å². The standard InChI is InChI=1S/C23H24ClN3O4/c1-31-20(28)14-26(13-18-8-4-5-9-19(18)24)15-27-21(29)23(25-22(27)30)11-10-16-6-2-3-7-17(16)12-23/h2-9H,10-15H2,1H3,(H,25,30). The number of carbonyl (C=O) groups excluding carboxylic acids is 3. The molecule has 1 saturated heterocycles. The number of ether oxygens (including phenoxy) is 1. The van der Waals surface area contributed by atoms with E-state index in [1.807, 2.05) is 36.4 Å². The fourth-order valence-electron chi connectivity index (χ4n) is 4.30. The van der Waals surface area contributed by atoms with Crippen LogP contribution >= 0.6 is 11.6 Å². The SMILES string of the molecule is COC(=O)CN(Cc1ccccc1Cl)CN1C(=O)NC2(CCc3ccccc3C2)C1=O. The lowest BCUT2D eigenvalue weighted by Crippen LogP contribution is -2.51. The Labute approximate surface area is 185 Å². The van der Waals surface area contributed by atoms with E-state index in [2.05, 4.69) is 11.4 Å². The zero-order valence-corrected chi connectivity index (χ0v) is 18.0. The van der Waals surface area contributed by atoms with Crippen LogP contribution in [0.3, 0.4) is 0 Å². The minimum absolute atomic E-state index is 0.0333. The number of amides is 3. The maximum absolute atomic E-state index is 13.4. The normalized spacial score (nSPS) is 20.2. The van der Waals surface area contributed by atoms with Gasteiger partial charge in [-0.3, -0.25) is 14.5 Å². The summed E-state index contributed by atoms with van der Waals surface area (Å²) in [6.45, 7) is 0.185. The fourth-order valence-corrected chi connectivity index (χ4v) is 4.50. The third-order valence-corrected chi connectivity index (χ3v) is 6.32. The van der Waals surface area contributed by atoms with Crippen molar-refractivity contribution in [3.05, 3.63) is 70.2 Å². The van der Waals surface area contributed by atoms with Gasteiger partial charge in [0.15, 0.2) is 0 Å². The van der Waals surface area contributed by atoms with E-state index in [0.29, 0.717) is 24.4 Å². The Kier molecular flexibility index (Phi) is 5.98. The number of hydrogen-bond donors (Lipinski definition) is 1. The molecule has 1 atom stereocenters. The van der Waals surface area contributed by atoms with E-state index >= 15 is 0 Å². The number of esters is 1. The summed E-state index contributed by atoms with van der Waals surface area (Å²) in [7, 11) is 1.30. The number of imide groups is 1. The number of benzene rings is 2.